The normalized spacial score (nSPS) is 14.5. The molecule has 0 aromatic heterocycles. The van der Waals surface area contributed by atoms with Crippen molar-refractivity contribution in [1.82, 2.24) is 0 Å². The van der Waals surface area contributed by atoms with Crippen LogP contribution in [-0.4, -0.2) is 42.1 Å². The van der Waals surface area contributed by atoms with Gasteiger partial charge in [-0.1, -0.05) is 124 Å². The lowest BCUT2D eigenvalue weighted by molar-refractivity contribution is 0.834. The number of hydrogen-bond donors (Lipinski definition) is 0. The largest absolute Gasteiger partial charge is 0.425 e. The van der Waals surface area contributed by atoms with E-state index in [0.717, 1.165) is 9.68 Å². The number of benzene rings is 1. The quantitative estimate of drug-likeness (QED) is 0.301. The zero-order chi connectivity index (χ0) is 24.8. The van der Waals surface area contributed by atoms with Gasteiger partial charge >= 0.3 is 0 Å². The first kappa shape index (κ1) is 29.1. The summed E-state index contributed by atoms with van der Waals surface area (Å²) in [7, 11) is -5.05. The molecule has 1 rings (SSSR count). The molecule has 0 bridgehead atoms. The number of hydrogen-bond acceptors (Lipinski definition) is 1. The minimum atomic E-state index is -1.62. The van der Waals surface area contributed by atoms with Crippen molar-refractivity contribution in [2.45, 2.75) is 122 Å². The van der Waals surface area contributed by atoms with Gasteiger partial charge in [0.15, 0.2) is 9.68 Å². The van der Waals surface area contributed by atoms with Gasteiger partial charge in [0.2, 0.25) is 0 Å². The average Bonchev–Trinajstić information content (AvgIpc) is 2.49. The lowest BCUT2D eigenvalue weighted by atomic mass is 9.93. The molecule has 0 fully saturated rings. The third-order valence-corrected chi connectivity index (χ3v) is 39.6. The summed E-state index contributed by atoms with van der Waals surface area (Å²) in [6, 6.07) is 7.15. The van der Waals surface area contributed by atoms with Crippen molar-refractivity contribution in [1.29, 1.82) is 0 Å². The SMILES string of the molecule is CC(C)c1cccc(C(C)C)c1N([Si]C([Si](C)(C)C)([Si](C)(C)C)[Si](C)(C)C)[Si](C)(C)C. The highest BCUT2D eigenvalue weighted by Crippen LogP contribution is 2.54. The van der Waals surface area contributed by atoms with E-state index < -0.39 is 32.5 Å². The van der Waals surface area contributed by atoms with Crippen LogP contribution in [0.2, 0.25) is 82.5 Å². The van der Waals surface area contributed by atoms with Crippen LogP contribution >= 0.6 is 0 Å². The van der Waals surface area contributed by atoms with Gasteiger partial charge < -0.3 is 4.23 Å². The Kier molecular flexibility index (Phi) is 8.83. The van der Waals surface area contributed by atoms with E-state index in [4.69, 9.17) is 0 Å². The van der Waals surface area contributed by atoms with Crippen LogP contribution < -0.4 is 4.23 Å². The summed E-state index contributed by atoms with van der Waals surface area (Å²) >= 11 is 0. The molecule has 1 aromatic rings. The van der Waals surface area contributed by atoms with E-state index in [1.807, 2.05) is 0 Å². The van der Waals surface area contributed by atoms with Crippen LogP contribution in [0.1, 0.15) is 50.7 Å². The van der Waals surface area contributed by atoms with Crippen molar-refractivity contribution < 1.29 is 0 Å². The van der Waals surface area contributed by atoms with E-state index in [0.29, 0.717) is 15.7 Å². The van der Waals surface area contributed by atoms with Gasteiger partial charge in [-0.3, -0.25) is 0 Å². The Bertz CT molecular complexity index is 681. The van der Waals surface area contributed by atoms with E-state index in [1.54, 1.807) is 16.8 Å². The molecule has 6 heteroatoms. The van der Waals surface area contributed by atoms with Gasteiger partial charge in [-0.15, -0.1) is 0 Å². The van der Waals surface area contributed by atoms with Crippen LogP contribution in [0.3, 0.4) is 0 Å². The Labute approximate surface area is 202 Å². The molecule has 0 aliphatic carbocycles. The van der Waals surface area contributed by atoms with Crippen molar-refractivity contribution >= 4 is 47.8 Å². The van der Waals surface area contributed by atoms with E-state index in [-0.39, 0.29) is 0 Å². The second-order valence-electron chi connectivity index (χ2n) is 14.2. The molecular weight excluding hydrogens is 455 g/mol. The molecule has 0 aliphatic heterocycles. The van der Waals surface area contributed by atoms with Crippen LogP contribution in [0.25, 0.3) is 0 Å². The van der Waals surface area contributed by atoms with E-state index in [9.17, 15) is 0 Å². The number of rotatable bonds is 9. The molecule has 2 radical (unpaired) electrons. The van der Waals surface area contributed by atoms with Crippen molar-refractivity contribution in [3.8, 4) is 0 Å². The van der Waals surface area contributed by atoms with Crippen LogP contribution in [-0.2, 0) is 0 Å². The third kappa shape index (κ3) is 5.79. The lowest BCUT2D eigenvalue weighted by Crippen LogP contribution is -2.73. The molecule has 0 N–H and O–H groups in total. The van der Waals surface area contributed by atoms with Crippen LogP contribution in [0, 0.1) is 0 Å². The van der Waals surface area contributed by atoms with Crippen molar-refractivity contribution in [2.24, 2.45) is 0 Å². The highest BCUT2D eigenvalue weighted by Gasteiger charge is 2.61. The minimum absolute atomic E-state index is 0.553. The zero-order valence-electron chi connectivity index (χ0n) is 23.8. The molecule has 0 saturated heterocycles. The summed E-state index contributed by atoms with van der Waals surface area (Å²) < 4.78 is 3.61. The smallest absolute Gasteiger partial charge is 0.169 e. The molecule has 178 valence electrons. The van der Waals surface area contributed by atoms with Gasteiger partial charge in [0.05, 0.1) is 0 Å². The summed E-state index contributed by atoms with van der Waals surface area (Å²) in [5.74, 6) is 1.11. The highest BCUT2D eigenvalue weighted by molar-refractivity contribution is 7.24. The van der Waals surface area contributed by atoms with Gasteiger partial charge in [-0.05, 0) is 26.9 Å². The Hall–Kier alpha value is 0.104. The first-order chi connectivity index (χ1) is 13.6. The summed E-state index contributed by atoms with van der Waals surface area (Å²) in [5.41, 5.74) is 4.75. The number of nitrogens with zero attached hydrogens (tertiary/aromatic N) is 1. The van der Waals surface area contributed by atoms with E-state index in [1.165, 1.54) is 0 Å². The molecule has 0 spiro atoms. The van der Waals surface area contributed by atoms with E-state index >= 15 is 0 Å². The standard InChI is InChI=1S/C25H53NSi5/c1-20(2)22-18-17-19-23(21(3)4)24(22)26(31(14,15)16)27-25(28(5,6)7,29(8,9)10)30(11,12)13/h17-21H,1-16H3. The fourth-order valence-electron chi connectivity index (χ4n) is 6.37. The molecule has 0 aliphatic rings. The molecule has 0 heterocycles. The Balaban J connectivity index is 4.05. The third-order valence-electron chi connectivity index (χ3n) is 6.89. The van der Waals surface area contributed by atoms with Gasteiger partial charge in [-0.2, -0.15) is 0 Å². The average molecular weight is 508 g/mol. The first-order valence-corrected chi connectivity index (χ1v) is 27.2. The predicted molar refractivity (Wildman–Crippen MR) is 159 cm³/mol. The molecule has 0 saturated carbocycles. The summed E-state index contributed by atoms with van der Waals surface area (Å²) in [6.07, 6.45) is 0. The van der Waals surface area contributed by atoms with Gasteiger partial charge in [0, 0.05) is 29.9 Å². The van der Waals surface area contributed by atoms with E-state index in [2.05, 4.69) is 129 Å². The van der Waals surface area contributed by atoms with Crippen LogP contribution in [0.5, 0.6) is 0 Å². The second kappa shape index (κ2) is 9.39. The van der Waals surface area contributed by atoms with Gasteiger partial charge in [0.1, 0.15) is 8.24 Å². The van der Waals surface area contributed by atoms with Crippen molar-refractivity contribution in [3.63, 3.8) is 0 Å². The molecule has 1 nitrogen and oxygen atoms in total. The molecular formula is C25H53NSi5. The monoisotopic (exact) mass is 507 g/mol. The summed E-state index contributed by atoms with van der Waals surface area (Å²) in [5, 5.41) is 0. The maximum Gasteiger partial charge on any atom is 0.169 e. The van der Waals surface area contributed by atoms with Crippen LogP contribution in [0.4, 0.5) is 5.69 Å². The molecule has 0 atom stereocenters. The molecule has 0 amide bonds. The van der Waals surface area contributed by atoms with Crippen LogP contribution in [0.15, 0.2) is 18.2 Å². The number of anilines is 1. The summed E-state index contributed by atoms with van der Waals surface area (Å²) in [6.45, 7) is 41.5. The number of para-hydroxylation sites is 1. The van der Waals surface area contributed by atoms with Crippen molar-refractivity contribution in [2.75, 3.05) is 4.23 Å². The molecule has 1 aromatic carbocycles. The molecule has 0 unspecified atom stereocenters. The minimum Gasteiger partial charge on any atom is -0.425 e. The molecule has 31 heavy (non-hydrogen) atoms. The predicted octanol–water partition coefficient (Wildman–Crippen LogP) is 8.98. The zero-order valence-corrected chi connectivity index (χ0v) is 28.8. The summed E-state index contributed by atoms with van der Waals surface area (Å²) in [4.78, 5) is 0. The Morgan fingerprint density at radius 1 is 0.645 bits per heavy atom. The Morgan fingerprint density at radius 3 is 1.19 bits per heavy atom. The Morgan fingerprint density at radius 2 is 0.968 bits per heavy atom. The topological polar surface area (TPSA) is 3.24 Å². The fraction of sp³-hybridized carbons (Fsp3) is 0.760. The first-order valence-electron chi connectivity index (χ1n) is 12.3. The van der Waals surface area contributed by atoms with Crippen molar-refractivity contribution in [3.05, 3.63) is 29.3 Å². The maximum absolute atomic E-state index is 3.05. The fourth-order valence-corrected chi connectivity index (χ4v) is 42.9. The maximum atomic E-state index is 3.05. The lowest BCUT2D eigenvalue weighted by Gasteiger charge is -2.61. The second-order valence-corrected chi connectivity index (χ2v) is 39.6. The highest BCUT2D eigenvalue weighted by atomic mass is 28.5. The van der Waals surface area contributed by atoms with Gasteiger partial charge in [0.25, 0.3) is 0 Å². The van der Waals surface area contributed by atoms with Gasteiger partial charge in [-0.25, -0.2) is 0 Å².